The fourth-order valence-corrected chi connectivity index (χ4v) is 4.71. The molecule has 6 heteroatoms. The van der Waals surface area contributed by atoms with Crippen molar-refractivity contribution in [3.05, 3.63) is 46.8 Å². The second-order valence-electron chi connectivity index (χ2n) is 6.49. The average Bonchev–Trinajstić information content (AvgIpc) is 3.12. The molecule has 3 rings (SSSR count). The molecule has 1 N–H and O–H groups in total. The van der Waals surface area contributed by atoms with Gasteiger partial charge in [-0.3, -0.25) is 0 Å². The number of hydrogen-bond acceptors (Lipinski definition) is 6. The molecule has 0 amide bonds. The van der Waals surface area contributed by atoms with Gasteiger partial charge in [0.25, 0.3) is 0 Å². The van der Waals surface area contributed by atoms with E-state index in [2.05, 4.69) is 23.5 Å². The first-order valence-electron chi connectivity index (χ1n) is 7.71. The number of thiophene rings is 1. The zero-order valence-electron chi connectivity index (χ0n) is 14.2. The van der Waals surface area contributed by atoms with Crippen molar-refractivity contribution in [3.63, 3.8) is 0 Å². The van der Waals surface area contributed by atoms with Gasteiger partial charge in [0.05, 0.1) is 16.5 Å². The Hall–Kier alpha value is -1.34. The van der Waals surface area contributed by atoms with E-state index in [0.29, 0.717) is 12.3 Å². The van der Waals surface area contributed by atoms with Crippen LogP contribution in [0.15, 0.2) is 50.0 Å². The highest BCUT2D eigenvalue weighted by Gasteiger charge is 2.43. The largest absolute Gasteiger partial charge is 0.411 e. The molecule has 1 fully saturated rings. The van der Waals surface area contributed by atoms with Gasteiger partial charge in [0.1, 0.15) is 5.60 Å². The molecule has 1 aromatic heterocycles. The average molecular weight is 364 g/mol. The Labute approximate surface area is 150 Å². The Kier molecular flexibility index (Phi) is 4.75. The summed E-state index contributed by atoms with van der Waals surface area (Å²) in [4.78, 5) is 1.15. The van der Waals surface area contributed by atoms with Crippen molar-refractivity contribution < 1.29 is 14.7 Å². The van der Waals surface area contributed by atoms with E-state index in [-0.39, 0.29) is 0 Å². The lowest BCUT2D eigenvalue weighted by Gasteiger charge is -2.24. The summed E-state index contributed by atoms with van der Waals surface area (Å²) in [5, 5.41) is 14.2. The van der Waals surface area contributed by atoms with Crippen LogP contribution in [0.25, 0.3) is 0 Å². The molecule has 1 saturated heterocycles. The smallest absolute Gasteiger partial charge is 0.164 e. The summed E-state index contributed by atoms with van der Waals surface area (Å²) in [6.45, 7) is 8.30. The first-order valence-corrected chi connectivity index (χ1v) is 9.41. The van der Waals surface area contributed by atoms with Crippen molar-refractivity contribution in [1.82, 2.24) is 0 Å². The number of hydrogen-bond donors (Lipinski definition) is 1. The number of benzene rings is 1. The van der Waals surface area contributed by atoms with E-state index >= 15 is 0 Å². The summed E-state index contributed by atoms with van der Waals surface area (Å²) in [6, 6.07) is 10.2. The van der Waals surface area contributed by atoms with Crippen LogP contribution in [0.5, 0.6) is 0 Å². The van der Waals surface area contributed by atoms with Crippen molar-refractivity contribution in [2.75, 3.05) is 6.61 Å². The summed E-state index contributed by atoms with van der Waals surface area (Å²) < 4.78 is 13.0. The summed E-state index contributed by atoms with van der Waals surface area (Å²) in [5.74, 6) is -0.536. The van der Waals surface area contributed by atoms with Gasteiger partial charge in [-0.1, -0.05) is 29.1 Å². The molecule has 0 radical (unpaired) electrons. The highest BCUT2D eigenvalue weighted by molar-refractivity contribution is 8.01. The fourth-order valence-electron chi connectivity index (χ4n) is 2.64. The van der Waals surface area contributed by atoms with Gasteiger partial charge in [0, 0.05) is 4.90 Å². The Morgan fingerprint density at radius 3 is 2.54 bits per heavy atom. The minimum atomic E-state index is -0.536. The Bertz CT molecular complexity index is 752. The molecule has 0 spiro atoms. The Balaban J connectivity index is 1.73. The molecule has 2 aromatic rings. The first kappa shape index (κ1) is 17.5. The molecule has 1 aromatic carbocycles. The third-order valence-corrected chi connectivity index (χ3v) is 6.08. The van der Waals surface area contributed by atoms with E-state index in [9.17, 15) is 0 Å². The van der Waals surface area contributed by atoms with E-state index in [0.717, 1.165) is 16.0 Å². The molecule has 1 aliphatic rings. The molecule has 0 aliphatic carbocycles. The molecule has 128 valence electrons. The van der Waals surface area contributed by atoms with Crippen molar-refractivity contribution in [3.8, 4) is 0 Å². The van der Waals surface area contributed by atoms with Crippen LogP contribution in [0.4, 0.5) is 0 Å². The maximum absolute atomic E-state index is 8.82. The molecule has 0 saturated carbocycles. The molecular weight excluding hydrogens is 342 g/mol. The lowest BCUT2D eigenvalue weighted by molar-refractivity contribution is -0.159. The third kappa shape index (κ3) is 3.67. The summed E-state index contributed by atoms with van der Waals surface area (Å²) in [6.07, 6.45) is 0. The van der Waals surface area contributed by atoms with Crippen LogP contribution in [0.2, 0.25) is 0 Å². The van der Waals surface area contributed by atoms with Crippen LogP contribution >= 0.6 is 23.1 Å². The van der Waals surface area contributed by atoms with E-state index in [1.165, 1.54) is 4.21 Å². The quantitative estimate of drug-likeness (QED) is 0.467. The van der Waals surface area contributed by atoms with Crippen LogP contribution < -0.4 is 0 Å². The third-order valence-electron chi connectivity index (χ3n) is 3.99. The molecule has 0 bridgehead atoms. The molecule has 2 heterocycles. The number of ether oxygens (including phenoxy) is 2. The summed E-state index contributed by atoms with van der Waals surface area (Å²) >= 11 is 3.42. The Morgan fingerprint density at radius 1 is 1.25 bits per heavy atom. The van der Waals surface area contributed by atoms with Gasteiger partial charge in [0.15, 0.2) is 5.79 Å². The minimum Gasteiger partial charge on any atom is -0.411 e. The predicted octanol–water partition coefficient (Wildman–Crippen LogP) is 5.10. The van der Waals surface area contributed by atoms with Crippen LogP contribution in [0.3, 0.4) is 0 Å². The second-order valence-corrected chi connectivity index (χ2v) is 8.77. The summed E-state index contributed by atoms with van der Waals surface area (Å²) in [5.41, 5.74) is 2.29. The van der Waals surface area contributed by atoms with Crippen LogP contribution in [0, 0.1) is 0 Å². The first-order chi connectivity index (χ1) is 11.3. The van der Waals surface area contributed by atoms with Crippen molar-refractivity contribution in [2.45, 2.75) is 48.2 Å². The fraction of sp³-hybridized carbons (Fsp3) is 0.389. The molecular formula is C18H21NO3S2. The van der Waals surface area contributed by atoms with E-state index in [1.54, 1.807) is 30.0 Å². The topological polar surface area (TPSA) is 51.1 Å². The van der Waals surface area contributed by atoms with Crippen molar-refractivity contribution in [2.24, 2.45) is 5.16 Å². The molecule has 24 heavy (non-hydrogen) atoms. The van der Waals surface area contributed by atoms with Crippen LogP contribution in [-0.2, 0) is 15.1 Å². The van der Waals surface area contributed by atoms with Gasteiger partial charge in [0.2, 0.25) is 0 Å². The van der Waals surface area contributed by atoms with E-state index in [4.69, 9.17) is 14.7 Å². The number of nitrogens with zero attached hydrogens (tertiary/aromatic N) is 1. The lowest BCUT2D eigenvalue weighted by atomic mass is 10.0. The minimum absolute atomic E-state index is 0.391. The highest BCUT2D eigenvalue weighted by Crippen LogP contribution is 2.42. The van der Waals surface area contributed by atoms with Gasteiger partial charge in [-0.2, -0.15) is 0 Å². The molecule has 1 unspecified atom stereocenters. The number of oxime groups is 1. The van der Waals surface area contributed by atoms with Crippen molar-refractivity contribution >= 4 is 28.8 Å². The monoisotopic (exact) mass is 363 g/mol. The van der Waals surface area contributed by atoms with Gasteiger partial charge >= 0.3 is 0 Å². The maximum atomic E-state index is 8.82. The van der Waals surface area contributed by atoms with Gasteiger partial charge in [-0.15, -0.1) is 11.3 Å². The maximum Gasteiger partial charge on any atom is 0.164 e. The standard InChI is InChI=1S/C18H21NO3S2/c1-12(19-20)13-5-7-15(8-6-13)24-16-9-14(10-23-16)18(4)11-21-17(2,3)22-18/h5-10,20H,11H2,1-4H3. The highest BCUT2D eigenvalue weighted by atomic mass is 32.2. The Morgan fingerprint density at radius 2 is 1.96 bits per heavy atom. The van der Waals surface area contributed by atoms with Gasteiger partial charge < -0.3 is 14.7 Å². The molecule has 1 atom stereocenters. The zero-order chi connectivity index (χ0) is 17.4. The van der Waals surface area contributed by atoms with Crippen LogP contribution in [-0.4, -0.2) is 23.3 Å². The van der Waals surface area contributed by atoms with Crippen molar-refractivity contribution in [1.29, 1.82) is 0 Å². The predicted molar refractivity (Wildman–Crippen MR) is 97.3 cm³/mol. The number of rotatable bonds is 4. The SMILES string of the molecule is CC(=NO)c1ccc(Sc2cc(C3(C)COC(C)(C)O3)cs2)cc1. The van der Waals surface area contributed by atoms with E-state index < -0.39 is 11.4 Å². The molecule has 4 nitrogen and oxygen atoms in total. The summed E-state index contributed by atoms with van der Waals surface area (Å²) in [7, 11) is 0. The second kappa shape index (κ2) is 6.52. The van der Waals surface area contributed by atoms with Gasteiger partial charge in [-0.25, -0.2) is 0 Å². The molecule has 1 aliphatic heterocycles. The zero-order valence-corrected chi connectivity index (χ0v) is 15.8. The normalized spacial score (nSPS) is 23.6. The van der Waals surface area contributed by atoms with E-state index in [1.807, 2.05) is 38.1 Å². The van der Waals surface area contributed by atoms with Crippen LogP contribution in [0.1, 0.15) is 38.8 Å². The lowest BCUT2D eigenvalue weighted by Crippen LogP contribution is -2.27. The van der Waals surface area contributed by atoms with Gasteiger partial charge in [-0.05, 0) is 62.4 Å².